The molecule has 2 rings (SSSR count). The summed E-state index contributed by atoms with van der Waals surface area (Å²) in [6.45, 7) is 2.79. The zero-order valence-electron chi connectivity index (χ0n) is 9.06. The lowest BCUT2D eigenvalue weighted by atomic mass is 10.0. The van der Waals surface area contributed by atoms with E-state index >= 15 is 0 Å². The average Bonchev–Trinajstić information content (AvgIpc) is 2.27. The van der Waals surface area contributed by atoms with Gasteiger partial charge in [0.25, 0.3) is 0 Å². The summed E-state index contributed by atoms with van der Waals surface area (Å²) in [4.78, 5) is 13.2. The van der Waals surface area contributed by atoms with Crippen molar-refractivity contribution in [2.75, 3.05) is 7.11 Å². The first-order valence-corrected chi connectivity index (χ1v) is 5.13. The molecule has 0 aromatic heterocycles. The molecule has 1 heterocycles. The second-order valence-electron chi connectivity index (χ2n) is 3.92. The number of β-lactam (4-membered cyclic amide) rings is 1. The van der Waals surface area contributed by atoms with Crippen molar-refractivity contribution in [1.29, 1.82) is 0 Å². The Morgan fingerprint density at radius 1 is 1.40 bits per heavy atom. The third-order valence-electron chi connectivity index (χ3n) is 2.83. The van der Waals surface area contributed by atoms with Gasteiger partial charge in [-0.05, 0) is 24.6 Å². The molecule has 0 saturated carbocycles. The lowest BCUT2D eigenvalue weighted by Gasteiger charge is -2.38. The molecule has 1 atom stereocenters. The lowest BCUT2D eigenvalue weighted by molar-refractivity contribution is -0.145. The van der Waals surface area contributed by atoms with E-state index in [1.54, 1.807) is 7.11 Å². The molecular weight excluding hydrogens is 190 g/mol. The number of benzene rings is 1. The highest BCUT2D eigenvalue weighted by atomic mass is 16.5. The minimum absolute atomic E-state index is 0.248. The molecule has 0 N–H and O–H groups in total. The normalized spacial score (nSPS) is 20.0. The van der Waals surface area contributed by atoms with Gasteiger partial charge < -0.3 is 9.64 Å². The van der Waals surface area contributed by atoms with Crippen LogP contribution in [0.4, 0.5) is 0 Å². The number of amides is 1. The van der Waals surface area contributed by atoms with E-state index in [2.05, 4.69) is 6.92 Å². The van der Waals surface area contributed by atoms with E-state index in [-0.39, 0.29) is 5.91 Å². The van der Waals surface area contributed by atoms with E-state index in [1.807, 2.05) is 29.2 Å². The summed E-state index contributed by atoms with van der Waals surface area (Å²) in [6.07, 6.45) is 0.691. The van der Waals surface area contributed by atoms with E-state index in [4.69, 9.17) is 4.74 Å². The third-order valence-corrected chi connectivity index (χ3v) is 2.83. The summed E-state index contributed by atoms with van der Waals surface area (Å²) in [7, 11) is 1.65. The van der Waals surface area contributed by atoms with Gasteiger partial charge in [-0.25, -0.2) is 0 Å². The van der Waals surface area contributed by atoms with Crippen LogP contribution in [0.5, 0.6) is 5.75 Å². The summed E-state index contributed by atoms with van der Waals surface area (Å²) in [5, 5.41) is 0. The van der Waals surface area contributed by atoms with E-state index in [0.717, 1.165) is 11.3 Å². The second kappa shape index (κ2) is 3.93. The fourth-order valence-electron chi connectivity index (χ4n) is 1.79. The monoisotopic (exact) mass is 205 g/mol. The van der Waals surface area contributed by atoms with Crippen LogP contribution in [0.1, 0.15) is 18.9 Å². The summed E-state index contributed by atoms with van der Waals surface area (Å²) >= 11 is 0. The topological polar surface area (TPSA) is 29.5 Å². The van der Waals surface area contributed by atoms with Gasteiger partial charge in [-0.1, -0.05) is 12.1 Å². The number of hydrogen-bond acceptors (Lipinski definition) is 2. The Bertz CT molecular complexity index is 358. The number of carbonyl (C=O) groups excluding carboxylic acids is 1. The van der Waals surface area contributed by atoms with Crippen LogP contribution in [-0.4, -0.2) is 24.0 Å². The summed E-state index contributed by atoms with van der Waals surface area (Å²) < 4.78 is 5.08. The maximum atomic E-state index is 11.3. The summed E-state index contributed by atoms with van der Waals surface area (Å²) in [5.74, 6) is 1.10. The van der Waals surface area contributed by atoms with Crippen molar-refractivity contribution in [3.63, 3.8) is 0 Å². The lowest BCUT2D eigenvalue weighted by Crippen LogP contribution is -2.49. The zero-order valence-corrected chi connectivity index (χ0v) is 9.06. The van der Waals surface area contributed by atoms with Gasteiger partial charge in [0.1, 0.15) is 5.75 Å². The standard InChI is InChI=1S/C12H15NO2/c1-9-7-12(14)13(9)8-10-3-5-11(15-2)6-4-10/h3-6,9H,7-8H2,1-2H3/t9-/m1/s1. The molecule has 1 aromatic rings. The number of likely N-dealkylation sites (tertiary alicyclic amines) is 1. The van der Waals surface area contributed by atoms with Crippen LogP contribution < -0.4 is 4.74 Å². The van der Waals surface area contributed by atoms with E-state index in [0.29, 0.717) is 19.0 Å². The minimum atomic E-state index is 0.248. The molecule has 1 fully saturated rings. The maximum absolute atomic E-state index is 11.3. The Balaban J connectivity index is 2.01. The first kappa shape index (κ1) is 10.0. The van der Waals surface area contributed by atoms with E-state index in [1.165, 1.54) is 0 Å². The molecule has 1 aliphatic rings. The predicted octanol–water partition coefficient (Wildman–Crippen LogP) is 1.82. The minimum Gasteiger partial charge on any atom is -0.497 e. The van der Waals surface area contributed by atoms with Crippen molar-refractivity contribution < 1.29 is 9.53 Å². The number of hydrogen-bond donors (Lipinski definition) is 0. The Labute approximate surface area is 89.7 Å². The molecule has 3 nitrogen and oxygen atoms in total. The van der Waals surface area contributed by atoms with Crippen molar-refractivity contribution in [3.8, 4) is 5.75 Å². The van der Waals surface area contributed by atoms with Gasteiger partial charge in [0.15, 0.2) is 0 Å². The van der Waals surface area contributed by atoms with Crippen LogP contribution in [0.2, 0.25) is 0 Å². The van der Waals surface area contributed by atoms with Crippen molar-refractivity contribution in [1.82, 2.24) is 4.90 Å². The molecule has 0 radical (unpaired) electrons. The molecule has 1 saturated heterocycles. The first-order valence-electron chi connectivity index (χ1n) is 5.13. The van der Waals surface area contributed by atoms with Gasteiger partial charge in [0.05, 0.1) is 7.11 Å². The largest absolute Gasteiger partial charge is 0.497 e. The van der Waals surface area contributed by atoms with Gasteiger partial charge in [-0.15, -0.1) is 0 Å². The molecule has 1 aromatic carbocycles. The molecule has 1 amide bonds. The number of carbonyl (C=O) groups is 1. The molecule has 0 aliphatic carbocycles. The van der Waals surface area contributed by atoms with Gasteiger partial charge >= 0.3 is 0 Å². The SMILES string of the molecule is COc1ccc(CN2C(=O)C[C@H]2C)cc1. The highest BCUT2D eigenvalue weighted by molar-refractivity contribution is 5.82. The summed E-state index contributed by atoms with van der Waals surface area (Å²) in [6, 6.07) is 8.22. The molecule has 0 bridgehead atoms. The Morgan fingerprint density at radius 3 is 2.53 bits per heavy atom. The van der Waals surface area contributed by atoms with Crippen molar-refractivity contribution >= 4 is 5.91 Å². The van der Waals surface area contributed by atoms with Crippen LogP contribution >= 0.6 is 0 Å². The highest BCUT2D eigenvalue weighted by Crippen LogP contribution is 2.22. The molecule has 0 unspecified atom stereocenters. The quantitative estimate of drug-likeness (QED) is 0.704. The first-order chi connectivity index (χ1) is 7.20. The molecular formula is C12H15NO2. The zero-order chi connectivity index (χ0) is 10.8. The summed E-state index contributed by atoms with van der Waals surface area (Å²) in [5.41, 5.74) is 1.15. The van der Waals surface area contributed by atoms with Crippen LogP contribution in [0, 0.1) is 0 Å². The van der Waals surface area contributed by atoms with Crippen molar-refractivity contribution in [2.45, 2.75) is 25.9 Å². The van der Waals surface area contributed by atoms with Crippen LogP contribution in [0.25, 0.3) is 0 Å². The number of ether oxygens (including phenoxy) is 1. The smallest absolute Gasteiger partial charge is 0.225 e. The fourth-order valence-corrected chi connectivity index (χ4v) is 1.79. The number of rotatable bonds is 3. The maximum Gasteiger partial charge on any atom is 0.225 e. The molecule has 0 spiro atoms. The van der Waals surface area contributed by atoms with Crippen LogP contribution in [-0.2, 0) is 11.3 Å². The molecule has 15 heavy (non-hydrogen) atoms. The third kappa shape index (κ3) is 1.96. The Hall–Kier alpha value is -1.51. The van der Waals surface area contributed by atoms with Crippen molar-refractivity contribution in [3.05, 3.63) is 29.8 Å². The van der Waals surface area contributed by atoms with Gasteiger partial charge in [0.2, 0.25) is 5.91 Å². The van der Waals surface area contributed by atoms with Crippen molar-refractivity contribution in [2.24, 2.45) is 0 Å². The van der Waals surface area contributed by atoms with E-state index in [9.17, 15) is 4.79 Å². The molecule has 1 aliphatic heterocycles. The molecule has 80 valence electrons. The number of nitrogens with zero attached hydrogens (tertiary/aromatic N) is 1. The average molecular weight is 205 g/mol. The van der Waals surface area contributed by atoms with Gasteiger partial charge in [-0.3, -0.25) is 4.79 Å². The van der Waals surface area contributed by atoms with Gasteiger partial charge in [-0.2, -0.15) is 0 Å². The second-order valence-corrected chi connectivity index (χ2v) is 3.92. The van der Waals surface area contributed by atoms with E-state index < -0.39 is 0 Å². The van der Waals surface area contributed by atoms with Crippen LogP contribution in [0.15, 0.2) is 24.3 Å². The van der Waals surface area contributed by atoms with Crippen LogP contribution in [0.3, 0.4) is 0 Å². The molecule has 3 heteroatoms. The number of methoxy groups -OCH3 is 1. The highest BCUT2D eigenvalue weighted by Gasteiger charge is 2.31. The Morgan fingerprint density at radius 2 is 2.07 bits per heavy atom. The fraction of sp³-hybridized carbons (Fsp3) is 0.417. The predicted molar refractivity (Wildman–Crippen MR) is 57.6 cm³/mol. The van der Waals surface area contributed by atoms with Gasteiger partial charge in [0, 0.05) is 19.0 Å². The Kier molecular flexibility index (Phi) is 2.62.